The van der Waals surface area contributed by atoms with Crippen molar-refractivity contribution in [2.45, 2.75) is 25.3 Å². The zero-order chi connectivity index (χ0) is 12.2. The molecule has 0 spiro atoms. The van der Waals surface area contributed by atoms with Gasteiger partial charge in [-0.1, -0.05) is 12.3 Å². The summed E-state index contributed by atoms with van der Waals surface area (Å²) in [7, 11) is -1.94. The Hall–Kier alpha value is -0.610. The molecular formula is C10H19N3O2S. The van der Waals surface area contributed by atoms with Crippen molar-refractivity contribution in [2.75, 3.05) is 26.7 Å². The minimum absolute atomic E-state index is 0.0843. The summed E-state index contributed by atoms with van der Waals surface area (Å²) in [5.74, 6) is 2.33. The molecule has 6 heteroatoms. The van der Waals surface area contributed by atoms with Crippen LogP contribution in [0.15, 0.2) is 0 Å². The van der Waals surface area contributed by atoms with Crippen LogP contribution >= 0.6 is 0 Å². The van der Waals surface area contributed by atoms with E-state index in [-0.39, 0.29) is 12.6 Å². The molecule has 1 unspecified atom stereocenters. The lowest BCUT2D eigenvalue weighted by Gasteiger charge is -2.35. The molecule has 1 rings (SSSR count). The van der Waals surface area contributed by atoms with E-state index in [1.54, 1.807) is 0 Å². The summed E-state index contributed by atoms with van der Waals surface area (Å²) in [5, 5.41) is 0. The SMILES string of the molecule is C#CCN(C)S(=O)(=O)N1CCCCC1CN. The van der Waals surface area contributed by atoms with Gasteiger partial charge in [0, 0.05) is 26.2 Å². The van der Waals surface area contributed by atoms with Gasteiger partial charge in [-0.2, -0.15) is 17.0 Å². The van der Waals surface area contributed by atoms with Gasteiger partial charge in [0.2, 0.25) is 0 Å². The molecule has 0 radical (unpaired) electrons. The molecule has 92 valence electrons. The Labute approximate surface area is 97.8 Å². The number of hydrogen-bond acceptors (Lipinski definition) is 3. The van der Waals surface area contributed by atoms with Gasteiger partial charge < -0.3 is 5.73 Å². The van der Waals surface area contributed by atoms with Crippen molar-refractivity contribution in [3.63, 3.8) is 0 Å². The minimum atomic E-state index is -3.44. The highest BCUT2D eigenvalue weighted by Crippen LogP contribution is 2.21. The molecule has 1 saturated heterocycles. The molecule has 0 aromatic carbocycles. The number of rotatable bonds is 4. The minimum Gasteiger partial charge on any atom is -0.329 e. The first-order valence-electron chi connectivity index (χ1n) is 5.40. The molecule has 0 bridgehead atoms. The summed E-state index contributed by atoms with van der Waals surface area (Å²) in [4.78, 5) is 0. The van der Waals surface area contributed by atoms with Gasteiger partial charge in [0.25, 0.3) is 10.2 Å². The van der Waals surface area contributed by atoms with Gasteiger partial charge in [-0.15, -0.1) is 6.42 Å². The van der Waals surface area contributed by atoms with E-state index in [2.05, 4.69) is 5.92 Å². The number of hydrogen-bond donors (Lipinski definition) is 1. The first-order chi connectivity index (χ1) is 7.54. The lowest BCUT2D eigenvalue weighted by Crippen LogP contribution is -2.52. The van der Waals surface area contributed by atoms with Gasteiger partial charge in [-0.05, 0) is 12.8 Å². The second-order valence-corrected chi connectivity index (χ2v) is 5.95. The van der Waals surface area contributed by atoms with E-state index < -0.39 is 10.2 Å². The summed E-state index contributed by atoms with van der Waals surface area (Å²) in [5.41, 5.74) is 5.60. The molecule has 16 heavy (non-hydrogen) atoms. The molecule has 0 saturated carbocycles. The smallest absolute Gasteiger partial charge is 0.282 e. The normalized spacial score (nSPS) is 23.2. The summed E-state index contributed by atoms with van der Waals surface area (Å²) in [6.07, 6.45) is 7.88. The third-order valence-corrected chi connectivity index (χ3v) is 4.84. The van der Waals surface area contributed by atoms with E-state index >= 15 is 0 Å². The van der Waals surface area contributed by atoms with E-state index in [4.69, 9.17) is 12.2 Å². The second kappa shape index (κ2) is 5.64. The Kier molecular flexibility index (Phi) is 4.74. The van der Waals surface area contributed by atoms with Crippen molar-refractivity contribution in [3.8, 4) is 12.3 Å². The largest absolute Gasteiger partial charge is 0.329 e. The molecule has 0 aliphatic carbocycles. The molecule has 2 N–H and O–H groups in total. The van der Waals surface area contributed by atoms with Crippen molar-refractivity contribution >= 4 is 10.2 Å². The Morgan fingerprint density at radius 1 is 1.56 bits per heavy atom. The molecule has 1 heterocycles. The summed E-state index contributed by atoms with van der Waals surface area (Å²) in [6.45, 7) is 0.998. The summed E-state index contributed by atoms with van der Waals surface area (Å²) in [6, 6.07) is -0.0843. The second-order valence-electron chi connectivity index (χ2n) is 3.96. The fourth-order valence-corrected chi connectivity index (χ4v) is 3.43. The molecule has 0 amide bonds. The van der Waals surface area contributed by atoms with E-state index in [1.165, 1.54) is 15.7 Å². The highest BCUT2D eigenvalue weighted by Gasteiger charge is 2.33. The Balaban J connectivity index is 2.84. The molecule has 1 fully saturated rings. The number of piperidine rings is 1. The topological polar surface area (TPSA) is 66.6 Å². The van der Waals surface area contributed by atoms with Crippen LogP contribution in [0.1, 0.15) is 19.3 Å². The van der Waals surface area contributed by atoms with Gasteiger partial charge >= 0.3 is 0 Å². The average Bonchev–Trinajstić information content (AvgIpc) is 2.29. The maximum absolute atomic E-state index is 12.1. The highest BCUT2D eigenvalue weighted by atomic mass is 32.2. The van der Waals surface area contributed by atoms with E-state index in [9.17, 15) is 8.42 Å². The fraction of sp³-hybridized carbons (Fsp3) is 0.800. The average molecular weight is 245 g/mol. The van der Waals surface area contributed by atoms with Crippen molar-refractivity contribution in [3.05, 3.63) is 0 Å². The molecule has 1 aliphatic heterocycles. The van der Waals surface area contributed by atoms with Gasteiger partial charge in [0.05, 0.1) is 6.54 Å². The number of nitrogens with zero attached hydrogens (tertiary/aromatic N) is 2. The Morgan fingerprint density at radius 3 is 2.81 bits per heavy atom. The van der Waals surface area contributed by atoms with Crippen LogP contribution in [0.25, 0.3) is 0 Å². The van der Waals surface area contributed by atoms with Gasteiger partial charge in [0.15, 0.2) is 0 Å². The third-order valence-electron chi connectivity index (χ3n) is 2.85. The van der Waals surface area contributed by atoms with Crippen LogP contribution in [-0.4, -0.2) is 49.8 Å². The quantitative estimate of drug-likeness (QED) is 0.686. The van der Waals surface area contributed by atoms with Crippen molar-refractivity contribution in [1.82, 2.24) is 8.61 Å². The highest BCUT2D eigenvalue weighted by molar-refractivity contribution is 7.86. The molecule has 0 aromatic rings. The maximum Gasteiger partial charge on any atom is 0.282 e. The standard InChI is InChI=1S/C10H19N3O2S/c1-3-7-12(2)16(14,15)13-8-5-4-6-10(13)9-11/h1,10H,4-9,11H2,2H3. The van der Waals surface area contributed by atoms with E-state index in [0.29, 0.717) is 13.1 Å². The molecule has 1 aliphatic rings. The van der Waals surface area contributed by atoms with Gasteiger partial charge in [-0.25, -0.2) is 0 Å². The van der Waals surface area contributed by atoms with Crippen molar-refractivity contribution in [2.24, 2.45) is 5.73 Å². The van der Waals surface area contributed by atoms with Crippen LogP contribution in [-0.2, 0) is 10.2 Å². The molecule has 5 nitrogen and oxygen atoms in total. The van der Waals surface area contributed by atoms with Gasteiger partial charge in [-0.3, -0.25) is 0 Å². The van der Waals surface area contributed by atoms with Crippen LogP contribution in [0, 0.1) is 12.3 Å². The molecular weight excluding hydrogens is 226 g/mol. The van der Waals surface area contributed by atoms with Crippen LogP contribution in [0.4, 0.5) is 0 Å². The van der Waals surface area contributed by atoms with Crippen LogP contribution in [0.3, 0.4) is 0 Å². The van der Waals surface area contributed by atoms with Gasteiger partial charge in [0.1, 0.15) is 0 Å². The zero-order valence-electron chi connectivity index (χ0n) is 9.59. The van der Waals surface area contributed by atoms with Crippen molar-refractivity contribution in [1.29, 1.82) is 0 Å². The first-order valence-corrected chi connectivity index (χ1v) is 6.80. The lowest BCUT2D eigenvalue weighted by atomic mass is 10.1. The zero-order valence-corrected chi connectivity index (χ0v) is 10.4. The van der Waals surface area contributed by atoms with Crippen LogP contribution in [0.2, 0.25) is 0 Å². The fourth-order valence-electron chi connectivity index (χ4n) is 1.90. The monoisotopic (exact) mass is 245 g/mol. The summed E-state index contributed by atoms with van der Waals surface area (Å²) >= 11 is 0. The third kappa shape index (κ3) is 2.74. The predicted octanol–water partition coefficient (Wildman–Crippen LogP) is -0.391. The van der Waals surface area contributed by atoms with Crippen LogP contribution in [0.5, 0.6) is 0 Å². The van der Waals surface area contributed by atoms with E-state index in [0.717, 1.165) is 19.3 Å². The Bertz CT molecular complexity index is 361. The van der Waals surface area contributed by atoms with Crippen LogP contribution < -0.4 is 5.73 Å². The summed E-state index contributed by atoms with van der Waals surface area (Å²) < 4.78 is 27.0. The number of terminal acetylenes is 1. The van der Waals surface area contributed by atoms with Crippen molar-refractivity contribution < 1.29 is 8.42 Å². The Morgan fingerprint density at radius 2 is 2.25 bits per heavy atom. The maximum atomic E-state index is 12.1. The van der Waals surface area contributed by atoms with E-state index in [1.807, 2.05) is 0 Å². The molecule has 1 atom stereocenters. The lowest BCUT2D eigenvalue weighted by molar-refractivity contribution is 0.243. The first kappa shape index (κ1) is 13.5. The predicted molar refractivity (Wildman–Crippen MR) is 63.8 cm³/mol. The molecule has 0 aromatic heterocycles. The number of nitrogens with two attached hydrogens (primary N) is 1.